The molecule has 35 heavy (non-hydrogen) atoms. The largest absolute Gasteiger partial charge is 0.395 e. The van der Waals surface area contributed by atoms with E-state index in [2.05, 4.69) is 25.2 Å². The van der Waals surface area contributed by atoms with Gasteiger partial charge in [0.1, 0.15) is 6.61 Å². The highest BCUT2D eigenvalue weighted by Gasteiger charge is 2.36. The highest BCUT2D eigenvalue weighted by atomic mass is 32.1. The van der Waals surface area contributed by atoms with Crippen LogP contribution in [-0.4, -0.2) is 74.4 Å². The van der Waals surface area contributed by atoms with Crippen LogP contribution >= 0.6 is 11.3 Å². The first-order valence-electron chi connectivity index (χ1n) is 12.1. The molecule has 3 N–H and O–H groups in total. The lowest BCUT2D eigenvalue weighted by atomic mass is 9.79. The van der Waals surface area contributed by atoms with Crippen molar-refractivity contribution in [3.63, 3.8) is 0 Å². The number of nitrogens with one attached hydrogen (secondary N) is 1. The maximum atomic E-state index is 12.6. The Balaban J connectivity index is 1.18. The number of hydrogen-bond acceptors (Lipinski definition) is 9. The van der Waals surface area contributed by atoms with Crippen molar-refractivity contribution in [2.24, 2.45) is 5.92 Å². The maximum absolute atomic E-state index is 12.6. The first-order chi connectivity index (χ1) is 17.0. The van der Waals surface area contributed by atoms with Gasteiger partial charge in [-0.2, -0.15) is 0 Å². The first-order valence-corrected chi connectivity index (χ1v) is 13.0. The van der Waals surface area contributed by atoms with Gasteiger partial charge >= 0.3 is 0 Å². The number of nitrogens with zero attached hydrogens (tertiary/aromatic N) is 4. The van der Waals surface area contributed by atoms with Crippen LogP contribution in [0.4, 0.5) is 5.13 Å². The number of rotatable bonds is 9. The van der Waals surface area contributed by atoms with Gasteiger partial charge in [-0.05, 0) is 56.8 Å². The number of hydrogen-bond donors (Lipinski definition) is 3. The molecule has 2 atom stereocenters. The Morgan fingerprint density at radius 2 is 2.03 bits per heavy atom. The number of aliphatic hydroxyl groups excluding tert-OH is 2. The van der Waals surface area contributed by atoms with Gasteiger partial charge in [0, 0.05) is 36.5 Å². The fourth-order valence-corrected chi connectivity index (χ4v) is 5.64. The molecule has 1 amide bonds. The van der Waals surface area contributed by atoms with Crippen LogP contribution in [0, 0.1) is 5.92 Å². The zero-order valence-electron chi connectivity index (χ0n) is 19.8. The van der Waals surface area contributed by atoms with Gasteiger partial charge in [-0.25, -0.2) is 15.0 Å². The topological polar surface area (TPSA) is 121 Å². The van der Waals surface area contributed by atoms with Gasteiger partial charge in [0.15, 0.2) is 11.0 Å². The number of carbonyl (C=O) groups excluding carboxylic acids is 1. The molecule has 10 heteroatoms. The molecule has 3 aromatic rings. The van der Waals surface area contributed by atoms with E-state index in [1.807, 2.05) is 25.2 Å². The van der Waals surface area contributed by atoms with Crippen LogP contribution in [0.5, 0.6) is 0 Å². The Bertz CT molecular complexity index is 1160. The molecule has 2 aromatic heterocycles. The highest BCUT2D eigenvalue weighted by molar-refractivity contribution is 7.22. The van der Waals surface area contributed by atoms with Gasteiger partial charge in [0.2, 0.25) is 5.91 Å². The maximum Gasteiger partial charge on any atom is 0.229 e. The zero-order valence-corrected chi connectivity index (χ0v) is 20.6. The van der Waals surface area contributed by atoms with E-state index in [0.29, 0.717) is 30.1 Å². The summed E-state index contributed by atoms with van der Waals surface area (Å²) in [5.41, 5.74) is 2.71. The summed E-state index contributed by atoms with van der Waals surface area (Å²) in [7, 11) is 1.98. The van der Waals surface area contributed by atoms with Crippen LogP contribution in [0.25, 0.3) is 21.3 Å². The molecule has 2 aliphatic carbocycles. The smallest absolute Gasteiger partial charge is 0.229 e. The lowest BCUT2D eigenvalue weighted by Crippen LogP contribution is -2.47. The fourth-order valence-electron chi connectivity index (χ4n) is 4.73. The van der Waals surface area contributed by atoms with Crippen molar-refractivity contribution in [3.8, 4) is 11.1 Å². The van der Waals surface area contributed by atoms with Crippen LogP contribution < -0.4 is 5.32 Å². The number of benzene rings is 1. The molecule has 1 aromatic carbocycles. The molecule has 0 aliphatic heterocycles. The van der Waals surface area contributed by atoms with E-state index in [0.717, 1.165) is 53.4 Å². The fraction of sp³-hybridized carbons (Fsp3) is 0.520. The zero-order chi connectivity index (χ0) is 24.4. The predicted molar refractivity (Wildman–Crippen MR) is 134 cm³/mol. The summed E-state index contributed by atoms with van der Waals surface area (Å²) in [4.78, 5) is 28.1. The van der Waals surface area contributed by atoms with Gasteiger partial charge in [0.05, 0.1) is 29.0 Å². The molecule has 0 saturated heterocycles. The van der Waals surface area contributed by atoms with E-state index in [1.165, 1.54) is 11.3 Å². The molecule has 9 nitrogen and oxygen atoms in total. The number of thiazole rings is 1. The summed E-state index contributed by atoms with van der Waals surface area (Å²) < 4.78 is 6.75. The molecule has 186 valence electrons. The second-order valence-electron chi connectivity index (χ2n) is 9.45. The monoisotopic (exact) mass is 497 g/mol. The van der Waals surface area contributed by atoms with E-state index in [-0.39, 0.29) is 30.6 Å². The Morgan fingerprint density at radius 3 is 2.74 bits per heavy atom. The predicted octanol–water partition coefficient (Wildman–Crippen LogP) is 2.82. The van der Waals surface area contributed by atoms with E-state index >= 15 is 0 Å². The van der Waals surface area contributed by atoms with E-state index in [9.17, 15) is 9.90 Å². The molecule has 0 bridgehead atoms. The Morgan fingerprint density at radius 1 is 1.23 bits per heavy atom. The molecule has 2 saturated carbocycles. The Labute approximate surface area is 208 Å². The summed E-state index contributed by atoms with van der Waals surface area (Å²) in [6, 6.07) is 6.31. The summed E-state index contributed by atoms with van der Waals surface area (Å²) >= 11 is 1.46. The lowest BCUT2D eigenvalue weighted by Gasteiger charge is -2.40. The van der Waals surface area contributed by atoms with Gasteiger partial charge in [-0.3, -0.25) is 4.79 Å². The molecule has 2 fully saturated rings. The number of likely N-dealkylation sites (N-methyl/N-ethyl adjacent to an activating group) is 1. The van der Waals surface area contributed by atoms with Gasteiger partial charge < -0.3 is 25.2 Å². The van der Waals surface area contributed by atoms with Crippen LogP contribution in [0.2, 0.25) is 0 Å². The van der Waals surface area contributed by atoms with E-state index in [4.69, 9.17) is 9.84 Å². The summed E-state index contributed by atoms with van der Waals surface area (Å²) in [6.45, 7) is 1.05. The van der Waals surface area contributed by atoms with Crippen molar-refractivity contribution >= 4 is 32.6 Å². The molecular formula is C25H31N5O4S. The molecule has 5 rings (SSSR count). The molecular weight excluding hydrogens is 466 g/mol. The van der Waals surface area contributed by atoms with Crippen LogP contribution in [0.15, 0.2) is 30.6 Å². The minimum Gasteiger partial charge on any atom is -0.395 e. The summed E-state index contributed by atoms with van der Waals surface area (Å²) in [5, 5.41) is 22.5. The lowest BCUT2D eigenvalue weighted by molar-refractivity contribution is -0.124. The molecule has 0 spiro atoms. The van der Waals surface area contributed by atoms with E-state index in [1.54, 1.807) is 12.4 Å². The number of aliphatic hydroxyl groups is 2. The number of ether oxygens (including phenoxy) is 1. The third kappa shape index (κ3) is 5.52. The number of amides is 1. The third-order valence-electron chi connectivity index (χ3n) is 7.06. The molecule has 2 heterocycles. The third-order valence-corrected chi connectivity index (χ3v) is 8.00. The van der Waals surface area contributed by atoms with Crippen molar-refractivity contribution in [2.75, 3.05) is 25.5 Å². The first kappa shape index (κ1) is 24.2. The minimum absolute atomic E-state index is 0.00857. The second kappa shape index (κ2) is 10.6. The Kier molecular flexibility index (Phi) is 7.35. The number of anilines is 1. The second-order valence-corrected chi connectivity index (χ2v) is 10.5. The van der Waals surface area contributed by atoms with Gasteiger partial charge in [-0.1, -0.05) is 17.4 Å². The van der Waals surface area contributed by atoms with Gasteiger partial charge in [-0.15, -0.1) is 0 Å². The van der Waals surface area contributed by atoms with Crippen LogP contribution in [0.1, 0.15) is 37.9 Å². The average Bonchev–Trinajstić information content (AvgIpc) is 3.41. The number of aromatic nitrogens is 3. The van der Waals surface area contributed by atoms with E-state index < -0.39 is 0 Å². The Hall–Kier alpha value is -2.50. The standard InChI is InChI=1S/C25H31N5O4S/c1-30(7-8-31)18-9-16(10-18)24(33)29-25-28-19-6-5-15(11-22(19)35-25)17-12-26-23(27-13-17)14-34-21-4-2-3-20(21)32/h5-6,11-13,16,18,20-21,31-32H,2-4,7-10,14H2,1H3,(H,28,29,33)/t16?,18?,20-,21-/m0/s1. The molecule has 2 aliphatic rings. The average molecular weight is 498 g/mol. The number of fused-ring (bicyclic) bond motifs is 1. The van der Waals surface area contributed by atoms with Crippen molar-refractivity contribution in [1.82, 2.24) is 19.9 Å². The van der Waals surface area contributed by atoms with Crippen molar-refractivity contribution in [3.05, 3.63) is 36.4 Å². The SMILES string of the molecule is CN(CCO)C1CC(C(=O)Nc2nc3ccc(-c4cnc(CO[C@H]5CCC[C@@H]5O)nc4)cc3s2)C1. The van der Waals surface area contributed by atoms with Crippen LogP contribution in [-0.2, 0) is 16.1 Å². The quantitative estimate of drug-likeness (QED) is 0.413. The normalized spacial score (nSPS) is 24.1. The van der Waals surface area contributed by atoms with Crippen molar-refractivity contribution < 1.29 is 19.7 Å². The summed E-state index contributed by atoms with van der Waals surface area (Å²) in [5.74, 6) is 0.590. The van der Waals surface area contributed by atoms with Crippen molar-refractivity contribution in [2.45, 2.75) is 57.0 Å². The van der Waals surface area contributed by atoms with Gasteiger partial charge in [0.25, 0.3) is 0 Å². The summed E-state index contributed by atoms with van der Waals surface area (Å²) in [6.07, 6.45) is 7.31. The highest BCUT2D eigenvalue weighted by Crippen LogP contribution is 2.34. The number of carbonyl (C=O) groups is 1. The molecule has 0 radical (unpaired) electrons. The van der Waals surface area contributed by atoms with Crippen molar-refractivity contribution in [1.29, 1.82) is 0 Å². The molecule has 0 unspecified atom stereocenters. The minimum atomic E-state index is -0.390. The van der Waals surface area contributed by atoms with Crippen LogP contribution in [0.3, 0.4) is 0 Å².